The number of hydrogen-bond acceptors (Lipinski definition) is 4. The second kappa shape index (κ2) is 5.54. The van der Waals surface area contributed by atoms with Crippen molar-refractivity contribution >= 4 is 23.2 Å². The summed E-state index contributed by atoms with van der Waals surface area (Å²) in [6.45, 7) is 0. The van der Waals surface area contributed by atoms with Crippen molar-refractivity contribution in [2.24, 2.45) is 0 Å². The van der Waals surface area contributed by atoms with Crippen molar-refractivity contribution < 1.29 is 9.90 Å². The Balaban J connectivity index is 2.02. The molecular weight excluding hydrogens is 302 g/mol. The number of benzene rings is 2. The summed E-state index contributed by atoms with van der Waals surface area (Å²) in [6, 6.07) is 13.2. The van der Waals surface area contributed by atoms with Crippen LogP contribution in [0.25, 0.3) is 5.69 Å². The zero-order chi connectivity index (χ0) is 15.7. The topological polar surface area (TPSA) is 81.1 Å². The predicted molar refractivity (Wildman–Crippen MR) is 84.5 cm³/mol. The highest BCUT2D eigenvalue weighted by atomic mass is 35.5. The van der Waals surface area contributed by atoms with E-state index in [4.69, 9.17) is 17.3 Å². The fourth-order valence-electron chi connectivity index (χ4n) is 2.13. The van der Waals surface area contributed by atoms with E-state index in [1.807, 2.05) is 0 Å². The molecule has 22 heavy (non-hydrogen) atoms. The summed E-state index contributed by atoms with van der Waals surface area (Å²) in [7, 11) is 0. The Kier molecular flexibility index (Phi) is 3.56. The molecule has 0 saturated carbocycles. The van der Waals surface area contributed by atoms with Crippen molar-refractivity contribution in [3.05, 3.63) is 70.9 Å². The van der Waals surface area contributed by atoms with Crippen LogP contribution in [0.3, 0.4) is 0 Å². The number of rotatable bonds is 3. The van der Waals surface area contributed by atoms with Gasteiger partial charge in [0.1, 0.15) is 11.6 Å². The van der Waals surface area contributed by atoms with E-state index < -0.39 is 0 Å². The molecule has 3 N–H and O–H groups in total. The average molecular weight is 314 g/mol. The fourth-order valence-corrected chi connectivity index (χ4v) is 2.26. The first kappa shape index (κ1) is 14.2. The molecule has 0 aliphatic heterocycles. The molecule has 0 fully saturated rings. The number of phenols is 1. The third kappa shape index (κ3) is 2.42. The summed E-state index contributed by atoms with van der Waals surface area (Å²) < 4.78 is 1.45. The van der Waals surface area contributed by atoms with Crippen LogP contribution in [0, 0.1) is 0 Å². The number of aromatic hydroxyl groups is 1. The summed E-state index contributed by atoms with van der Waals surface area (Å²) >= 11 is 5.85. The highest BCUT2D eigenvalue weighted by molar-refractivity contribution is 6.30. The van der Waals surface area contributed by atoms with E-state index in [9.17, 15) is 9.90 Å². The second-order valence-corrected chi connectivity index (χ2v) is 5.11. The molecule has 5 nitrogen and oxygen atoms in total. The summed E-state index contributed by atoms with van der Waals surface area (Å²) in [4.78, 5) is 12.5. The minimum atomic E-state index is -0.379. The molecule has 6 heteroatoms. The lowest BCUT2D eigenvalue weighted by atomic mass is 10.0. The normalized spacial score (nSPS) is 10.6. The number of para-hydroxylation sites is 1. The number of anilines is 1. The second-order valence-electron chi connectivity index (χ2n) is 4.68. The molecule has 0 bridgehead atoms. The average Bonchev–Trinajstić information content (AvgIpc) is 2.90. The molecule has 0 saturated heterocycles. The van der Waals surface area contributed by atoms with Gasteiger partial charge >= 0.3 is 0 Å². The molecule has 0 unspecified atom stereocenters. The third-order valence-electron chi connectivity index (χ3n) is 3.27. The lowest BCUT2D eigenvalue weighted by molar-refractivity contribution is 0.103. The number of nitrogens with two attached hydrogens (primary N) is 1. The largest absolute Gasteiger partial charge is 0.507 e. The van der Waals surface area contributed by atoms with E-state index in [1.54, 1.807) is 36.4 Å². The number of carbonyl (C=O) groups is 1. The number of nitrogen functional groups attached to an aromatic ring is 1. The summed E-state index contributed by atoms with van der Waals surface area (Å²) in [5.74, 6) is -0.266. The Morgan fingerprint density at radius 2 is 1.77 bits per heavy atom. The number of aromatic nitrogens is 2. The number of carbonyl (C=O) groups excluding carboxylic acids is 1. The van der Waals surface area contributed by atoms with Crippen LogP contribution in [-0.2, 0) is 0 Å². The van der Waals surface area contributed by atoms with Gasteiger partial charge in [-0.15, -0.1) is 0 Å². The van der Waals surface area contributed by atoms with Gasteiger partial charge in [0, 0.05) is 5.02 Å². The molecule has 0 radical (unpaired) electrons. The van der Waals surface area contributed by atoms with Gasteiger partial charge in [-0.25, -0.2) is 4.68 Å². The number of ketones is 1. The number of phenolic OH excluding ortho intramolecular Hbond substituents is 1. The lowest BCUT2D eigenvalue weighted by Crippen LogP contribution is -2.07. The molecule has 2 aromatic carbocycles. The zero-order valence-corrected chi connectivity index (χ0v) is 12.2. The van der Waals surface area contributed by atoms with E-state index in [-0.39, 0.29) is 28.5 Å². The molecule has 110 valence electrons. The van der Waals surface area contributed by atoms with Crippen LogP contribution in [0.4, 0.5) is 5.82 Å². The maximum absolute atomic E-state index is 12.5. The van der Waals surface area contributed by atoms with Gasteiger partial charge in [-0.2, -0.15) is 5.10 Å². The Bertz CT molecular complexity index is 841. The van der Waals surface area contributed by atoms with E-state index >= 15 is 0 Å². The molecule has 0 amide bonds. The predicted octanol–water partition coefficient (Wildman–Crippen LogP) is 3.04. The Labute approximate surface area is 131 Å². The maximum Gasteiger partial charge on any atom is 0.202 e. The van der Waals surface area contributed by atoms with Crippen LogP contribution in [-0.4, -0.2) is 20.7 Å². The number of hydrogen-bond donors (Lipinski definition) is 2. The van der Waals surface area contributed by atoms with E-state index in [0.29, 0.717) is 10.7 Å². The van der Waals surface area contributed by atoms with Crippen LogP contribution in [0.1, 0.15) is 15.9 Å². The standard InChI is InChI=1S/C16H12ClN3O2/c17-10-5-7-11(8-6-10)20-16(18)13(9-19-20)15(22)12-3-1-2-4-14(12)21/h1-9,21H,18H2. The quantitative estimate of drug-likeness (QED) is 0.728. The van der Waals surface area contributed by atoms with Crippen LogP contribution in [0.5, 0.6) is 5.75 Å². The van der Waals surface area contributed by atoms with Crippen molar-refractivity contribution in [2.75, 3.05) is 5.73 Å². The zero-order valence-electron chi connectivity index (χ0n) is 11.4. The molecule has 0 aliphatic rings. The molecule has 0 spiro atoms. The van der Waals surface area contributed by atoms with Gasteiger partial charge in [-0.3, -0.25) is 4.79 Å². The summed E-state index contributed by atoms with van der Waals surface area (Å²) in [5, 5.41) is 14.5. The summed E-state index contributed by atoms with van der Waals surface area (Å²) in [6.07, 6.45) is 1.39. The fraction of sp³-hybridized carbons (Fsp3) is 0. The van der Waals surface area contributed by atoms with Gasteiger partial charge in [-0.05, 0) is 36.4 Å². The van der Waals surface area contributed by atoms with Crippen molar-refractivity contribution in [2.45, 2.75) is 0 Å². The lowest BCUT2D eigenvalue weighted by Gasteiger charge is -2.06. The van der Waals surface area contributed by atoms with Gasteiger partial charge in [0.15, 0.2) is 0 Å². The monoisotopic (exact) mass is 313 g/mol. The highest BCUT2D eigenvalue weighted by Crippen LogP contribution is 2.24. The molecule has 3 rings (SSSR count). The number of nitrogens with zero attached hydrogens (tertiary/aromatic N) is 2. The smallest absolute Gasteiger partial charge is 0.202 e. The number of halogens is 1. The van der Waals surface area contributed by atoms with Crippen LogP contribution >= 0.6 is 11.6 Å². The van der Waals surface area contributed by atoms with Crippen LogP contribution < -0.4 is 5.73 Å². The van der Waals surface area contributed by atoms with Crippen molar-refractivity contribution in [1.29, 1.82) is 0 Å². The van der Waals surface area contributed by atoms with Gasteiger partial charge < -0.3 is 10.8 Å². The minimum Gasteiger partial charge on any atom is -0.507 e. The maximum atomic E-state index is 12.5. The van der Waals surface area contributed by atoms with Crippen molar-refractivity contribution in [3.63, 3.8) is 0 Å². The SMILES string of the molecule is Nc1c(C(=O)c2ccccc2O)cnn1-c1ccc(Cl)cc1. The van der Waals surface area contributed by atoms with Gasteiger partial charge in [0.05, 0.1) is 23.0 Å². The minimum absolute atomic E-state index is 0.0915. The van der Waals surface area contributed by atoms with E-state index in [2.05, 4.69) is 5.10 Å². The highest BCUT2D eigenvalue weighted by Gasteiger charge is 2.19. The van der Waals surface area contributed by atoms with Crippen LogP contribution in [0.15, 0.2) is 54.7 Å². The van der Waals surface area contributed by atoms with Gasteiger partial charge in [-0.1, -0.05) is 23.7 Å². The first-order chi connectivity index (χ1) is 10.6. The molecule has 1 aromatic heterocycles. The first-order valence-corrected chi connectivity index (χ1v) is 6.88. The molecule has 0 atom stereocenters. The molecule has 0 aliphatic carbocycles. The first-order valence-electron chi connectivity index (χ1n) is 6.50. The Morgan fingerprint density at radius 1 is 1.09 bits per heavy atom. The molecule has 1 heterocycles. The van der Waals surface area contributed by atoms with Crippen LogP contribution in [0.2, 0.25) is 5.02 Å². The summed E-state index contributed by atoms with van der Waals surface area (Å²) in [5.41, 5.74) is 7.14. The third-order valence-corrected chi connectivity index (χ3v) is 3.52. The Morgan fingerprint density at radius 3 is 2.45 bits per heavy atom. The van der Waals surface area contributed by atoms with E-state index in [1.165, 1.54) is 23.0 Å². The molecule has 3 aromatic rings. The van der Waals surface area contributed by atoms with Gasteiger partial charge in [0.2, 0.25) is 5.78 Å². The Hall–Kier alpha value is -2.79. The van der Waals surface area contributed by atoms with Gasteiger partial charge in [0.25, 0.3) is 0 Å². The van der Waals surface area contributed by atoms with Crippen molar-refractivity contribution in [3.8, 4) is 11.4 Å². The van der Waals surface area contributed by atoms with Crippen molar-refractivity contribution in [1.82, 2.24) is 9.78 Å². The molecular formula is C16H12ClN3O2. The van der Waals surface area contributed by atoms with E-state index in [0.717, 1.165) is 0 Å².